The molecular formula is C10H14F2N2O. The van der Waals surface area contributed by atoms with Crippen molar-refractivity contribution < 1.29 is 13.9 Å². The lowest BCUT2D eigenvalue weighted by atomic mass is 10.1. The molecule has 1 unspecified atom stereocenters. The van der Waals surface area contributed by atoms with E-state index < -0.39 is 17.7 Å². The van der Waals surface area contributed by atoms with Crippen LogP contribution in [0.2, 0.25) is 0 Å². The molecule has 1 aromatic carbocycles. The minimum Gasteiger partial charge on any atom is -0.394 e. The summed E-state index contributed by atoms with van der Waals surface area (Å²) in [6, 6.07) is 1.74. The van der Waals surface area contributed by atoms with Gasteiger partial charge in [-0.3, -0.25) is 0 Å². The van der Waals surface area contributed by atoms with Crippen LogP contribution < -0.4 is 10.6 Å². The third-order valence-corrected chi connectivity index (χ3v) is 2.14. The van der Waals surface area contributed by atoms with Gasteiger partial charge in [0.1, 0.15) is 0 Å². The summed E-state index contributed by atoms with van der Waals surface area (Å²) in [5.41, 5.74) is 6.02. The van der Waals surface area contributed by atoms with Gasteiger partial charge in [0.2, 0.25) is 0 Å². The molecule has 0 aliphatic carbocycles. The molecular weight excluding hydrogens is 202 g/mol. The third-order valence-electron chi connectivity index (χ3n) is 2.14. The zero-order chi connectivity index (χ0) is 11.6. The largest absolute Gasteiger partial charge is 0.394 e. The molecule has 0 bridgehead atoms. The molecule has 1 rings (SSSR count). The molecule has 15 heavy (non-hydrogen) atoms. The zero-order valence-electron chi connectivity index (χ0n) is 8.67. The summed E-state index contributed by atoms with van der Waals surface area (Å²) >= 11 is 0. The number of aliphatic hydroxyl groups excluding tert-OH is 1. The molecule has 5 heteroatoms. The number of halogens is 2. The molecule has 0 fully saturated rings. The van der Waals surface area contributed by atoms with Crippen LogP contribution in [0, 0.1) is 11.6 Å². The molecule has 0 saturated carbocycles. The third kappa shape index (κ3) is 2.43. The molecule has 0 aromatic heterocycles. The molecule has 1 aromatic rings. The van der Waals surface area contributed by atoms with Crippen LogP contribution in [0.25, 0.3) is 0 Å². The average Bonchev–Trinajstić information content (AvgIpc) is 2.20. The molecule has 0 amide bonds. The second kappa shape index (κ2) is 4.55. The lowest BCUT2D eigenvalue weighted by molar-refractivity contribution is 0.267. The summed E-state index contributed by atoms with van der Waals surface area (Å²) in [5.74, 6) is -1.87. The van der Waals surface area contributed by atoms with Crippen LogP contribution >= 0.6 is 0 Å². The van der Waals surface area contributed by atoms with Crippen LogP contribution in [0.4, 0.5) is 14.5 Å². The van der Waals surface area contributed by atoms with Gasteiger partial charge in [-0.1, -0.05) is 0 Å². The van der Waals surface area contributed by atoms with Gasteiger partial charge in [-0.05, 0) is 17.7 Å². The molecule has 0 aliphatic rings. The molecule has 1 atom stereocenters. The van der Waals surface area contributed by atoms with Crippen molar-refractivity contribution in [3.8, 4) is 0 Å². The van der Waals surface area contributed by atoms with E-state index in [0.717, 1.165) is 6.07 Å². The van der Waals surface area contributed by atoms with Crippen molar-refractivity contribution in [2.75, 3.05) is 25.6 Å². The first-order chi connectivity index (χ1) is 6.97. The van der Waals surface area contributed by atoms with E-state index in [-0.39, 0.29) is 12.3 Å². The summed E-state index contributed by atoms with van der Waals surface area (Å²) in [5, 5.41) is 8.82. The van der Waals surface area contributed by atoms with E-state index in [4.69, 9.17) is 10.8 Å². The first-order valence-corrected chi connectivity index (χ1v) is 4.50. The fourth-order valence-electron chi connectivity index (χ4n) is 1.24. The van der Waals surface area contributed by atoms with E-state index in [1.165, 1.54) is 11.0 Å². The number of benzene rings is 1. The van der Waals surface area contributed by atoms with Gasteiger partial charge < -0.3 is 15.7 Å². The monoisotopic (exact) mass is 216 g/mol. The highest BCUT2D eigenvalue weighted by Crippen LogP contribution is 2.24. The van der Waals surface area contributed by atoms with Gasteiger partial charge in [0.05, 0.1) is 18.3 Å². The Hall–Kier alpha value is -1.20. The Morgan fingerprint density at radius 2 is 2.00 bits per heavy atom. The van der Waals surface area contributed by atoms with E-state index in [1.807, 2.05) is 0 Å². The summed E-state index contributed by atoms with van der Waals surface area (Å²) in [6.07, 6.45) is 0. The highest BCUT2D eigenvalue weighted by atomic mass is 19.2. The van der Waals surface area contributed by atoms with Crippen LogP contribution in [0.3, 0.4) is 0 Å². The molecule has 0 radical (unpaired) electrons. The van der Waals surface area contributed by atoms with Crippen molar-refractivity contribution in [3.05, 3.63) is 29.3 Å². The number of anilines is 1. The topological polar surface area (TPSA) is 49.5 Å². The number of nitrogens with zero attached hydrogens (tertiary/aromatic N) is 1. The number of rotatable bonds is 3. The number of nitrogens with two attached hydrogens (primary N) is 1. The summed E-state index contributed by atoms with van der Waals surface area (Å²) < 4.78 is 26.4. The van der Waals surface area contributed by atoms with Crippen LogP contribution in [0.1, 0.15) is 11.6 Å². The Bertz CT molecular complexity index is 356. The van der Waals surface area contributed by atoms with E-state index in [9.17, 15) is 8.78 Å². The van der Waals surface area contributed by atoms with E-state index in [2.05, 4.69) is 0 Å². The van der Waals surface area contributed by atoms with Crippen molar-refractivity contribution in [1.82, 2.24) is 0 Å². The highest BCUT2D eigenvalue weighted by Gasteiger charge is 2.15. The van der Waals surface area contributed by atoms with Crippen molar-refractivity contribution >= 4 is 5.69 Å². The van der Waals surface area contributed by atoms with Crippen LogP contribution in [-0.4, -0.2) is 25.8 Å². The van der Waals surface area contributed by atoms with Crippen LogP contribution in [-0.2, 0) is 0 Å². The van der Waals surface area contributed by atoms with Crippen molar-refractivity contribution in [2.45, 2.75) is 6.04 Å². The Labute approximate surface area is 87.1 Å². The SMILES string of the molecule is CN(C)c1cc(C(N)CO)cc(F)c1F. The van der Waals surface area contributed by atoms with Gasteiger partial charge in [0, 0.05) is 14.1 Å². The van der Waals surface area contributed by atoms with Crippen molar-refractivity contribution in [3.63, 3.8) is 0 Å². The predicted molar refractivity (Wildman–Crippen MR) is 54.7 cm³/mol. The van der Waals surface area contributed by atoms with Crippen LogP contribution in [0.5, 0.6) is 0 Å². The molecule has 0 heterocycles. The van der Waals surface area contributed by atoms with Gasteiger partial charge in [-0.15, -0.1) is 0 Å². The van der Waals surface area contributed by atoms with Gasteiger partial charge in [0.15, 0.2) is 11.6 Å². The second-order valence-corrected chi connectivity index (χ2v) is 3.52. The lowest BCUT2D eigenvalue weighted by Crippen LogP contribution is -2.17. The Morgan fingerprint density at radius 1 is 1.40 bits per heavy atom. The first-order valence-electron chi connectivity index (χ1n) is 4.50. The van der Waals surface area contributed by atoms with Gasteiger partial charge in [-0.2, -0.15) is 0 Å². The zero-order valence-corrected chi connectivity index (χ0v) is 8.67. The maximum absolute atomic E-state index is 13.3. The fourth-order valence-corrected chi connectivity index (χ4v) is 1.24. The molecule has 0 saturated heterocycles. The lowest BCUT2D eigenvalue weighted by Gasteiger charge is -2.17. The first kappa shape index (κ1) is 11.9. The predicted octanol–water partition coefficient (Wildman–Crippen LogP) is 1.02. The van der Waals surface area contributed by atoms with Gasteiger partial charge in [0.25, 0.3) is 0 Å². The quantitative estimate of drug-likeness (QED) is 0.793. The van der Waals surface area contributed by atoms with E-state index in [1.54, 1.807) is 14.1 Å². The molecule has 3 nitrogen and oxygen atoms in total. The standard InChI is InChI=1S/C10H14F2N2O/c1-14(2)9-4-6(8(13)5-15)3-7(11)10(9)12/h3-4,8,15H,5,13H2,1-2H3. The normalized spacial score (nSPS) is 12.7. The Morgan fingerprint density at radius 3 is 2.47 bits per heavy atom. The second-order valence-electron chi connectivity index (χ2n) is 3.52. The summed E-state index contributed by atoms with van der Waals surface area (Å²) in [4.78, 5) is 1.45. The molecule has 84 valence electrons. The molecule has 0 aliphatic heterocycles. The highest BCUT2D eigenvalue weighted by molar-refractivity contribution is 5.50. The Kier molecular flexibility index (Phi) is 3.60. The number of hydrogen-bond donors (Lipinski definition) is 2. The molecule has 3 N–H and O–H groups in total. The minimum absolute atomic E-state index is 0.119. The smallest absolute Gasteiger partial charge is 0.182 e. The fraction of sp³-hybridized carbons (Fsp3) is 0.400. The minimum atomic E-state index is -0.958. The van der Waals surface area contributed by atoms with Gasteiger partial charge >= 0.3 is 0 Å². The molecule has 0 spiro atoms. The van der Waals surface area contributed by atoms with Crippen molar-refractivity contribution in [2.24, 2.45) is 5.73 Å². The Balaban J connectivity index is 3.23. The average molecular weight is 216 g/mol. The maximum Gasteiger partial charge on any atom is 0.182 e. The van der Waals surface area contributed by atoms with Gasteiger partial charge in [-0.25, -0.2) is 8.78 Å². The summed E-state index contributed by atoms with van der Waals surface area (Å²) in [6.45, 7) is -0.308. The van der Waals surface area contributed by atoms with E-state index >= 15 is 0 Å². The number of aliphatic hydroxyl groups is 1. The van der Waals surface area contributed by atoms with E-state index in [0.29, 0.717) is 5.56 Å². The van der Waals surface area contributed by atoms with Crippen molar-refractivity contribution in [1.29, 1.82) is 0 Å². The van der Waals surface area contributed by atoms with Crippen LogP contribution in [0.15, 0.2) is 12.1 Å². The summed E-state index contributed by atoms with van der Waals surface area (Å²) in [7, 11) is 3.21. The number of hydrogen-bond acceptors (Lipinski definition) is 3. The maximum atomic E-state index is 13.3.